The van der Waals surface area contributed by atoms with Crippen LogP contribution in [0.25, 0.3) is 11.1 Å². The predicted octanol–water partition coefficient (Wildman–Crippen LogP) is 7.47. The van der Waals surface area contributed by atoms with Gasteiger partial charge in [-0.25, -0.2) is 8.78 Å². The lowest BCUT2D eigenvalue weighted by molar-refractivity contribution is -0.133. The average Bonchev–Trinajstić information content (AvgIpc) is 2.87. The molecule has 3 N–H and O–H groups in total. The van der Waals surface area contributed by atoms with Crippen LogP contribution in [0.2, 0.25) is 0 Å². The van der Waals surface area contributed by atoms with Gasteiger partial charge in [0.25, 0.3) is 5.92 Å². The number of benzene rings is 3. The zero-order valence-corrected chi connectivity index (χ0v) is 21.7. The minimum atomic E-state index is -3.15. The molecule has 206 valence electrons. The maximum absolute atomic E-state index is 13.8. The van der Waals surface area contributed by atoms with Gasteiger partial charge in [-0.1, -0.05) is 55.8 Å². The van der Waals surface area contributed by atoms with Crippen molar-refractivity contribution < 1.29 is 31.9 Å². The Bertz CT molecular complexity index is 1340. The third kappa shape index (κ3) is 6.81. The fraction of sp³-hybridized carbons (Fsp3) is 0.276. The normalized spacial score (nSPS) is 12.9. The van der Waals surface area contributed by atoms with Crippen LogP contribution in [0.1, 0.15) is 39.2 Å². The van der Waals surface area contributed by atoms with Crippen LogP contribution in [-0.4, -0.2) is 24.1 Å². The summed E-state index contributed by atoms with van der Waals surface area (Å²) in [6.45, 7) is 0.715. The Kier molecular flexibility index (Phi) is 9.11. The molecule has 10 heteroatoms. The quantitative estimate of drug-likeness (QED) is 0.133. The molecule has 0 aliphatic heterocycles. The molecule has 3 rings (SSSR count). The number of carbonyl (C=O) groups excluding carboxylic acids is 2. The van der Waals surface area contributed by atoms with Crippen LogP contribution in [-0.2, 0) is 15.5 Å². The molecule has 0 fully saturated rings. The van der Waals surface area contributed by atoms with Crippen molar-refractivity contribution in [3.05, 3.63) is 78.4 Å². The molecule has 6 nitrogen and oxygen atoms in total. The molecule has 39 heavy (non-hydrogen) atoms. The van der Waals surface area contributed by atoms with Crippen molar-refractivity contribution in [2.75, 3.05) is 10.6 Å². The molecule has 3 aromatic carbocycles. The standard InChI is InChI=1S/C29H29F4N3O3/c1-4-15-29(18(2)34,25(37)35-21-12-8-11-20(16-21)28(3,32)33)26(38)36-22-13-14-24(39-27(30)31)23(17-22)19-9-6-5-7-10-19/h5-14,16-17,27,34H,4,15H2,1-3H3,(H,35,37)(H,36,38). The van der Waals surface area contributed by atoms with Gasteiger partial charge in [0.15, 0.2) is 5.41 Å². The first-order valence-corrected chi connectivity index (χ1v) is 12.2. The third-order valence-corrected chi connectivity index (χ3v) is 6.21. The van der Waals surface area contributed by atoms with E-state index in [1.165, 1.54) is 43.3 Å². The van der Waals surface area contributed by atoms with E-state index in [0.29, 0.717) is 12.0 Å². The van der Waals surface area contributed by atoms with Crippen molar-refractivity contribution in [2.24, 2.45) is 5.41 Å². The van der Waals surface area contributed by atoms with Gasteiger partial charge in [-0.05, 0) is 49.2 Å². The van der Waals surface area contributed by atoms with Crippen molar-refractivity contribution in [2.45, 2.75) is 46.1 Å². The van der Waals surface area contributed by atoms with Crippen LogP contribution < -0.4 is 15.4 Å². The minimum absolute atomic E-state index is 0.0399. The van der Waals surface area contributed by atoms with Crippen molar-refractivity contribution in [3.63, 3.8) is 0 Å². The van der Waals surface area contributed by atoms with Gasteiger partial charge in [0.05, 0.1) is 0 Å². The summed E-state index contributed by atoms with van der Waals surface area (Å²) >= 11 is 0. The van der Waals surface area contributed by atoms with Crippen LogP contribution >= 0.6 is 0 Å². The zero-order chi connectivity index (χ0) is 28.8. The molecule has 0 aliphatic rings. The van der Waals surface area contributed by atoms with Gasteiger partial charge in [0, 0.05) is 35.1 Å². The molecule has 0 radical (unpaired) electrons. The topological polar surface area (TPSA) is 91.3 Å². The highest BCUT2D eigenvalue weighted by Crippen LogP contribution is 2.36. The SMILES string of the molecule is CCCC(C(C)=N)(C(=O)Nc1cccc(C(C)(F)F)c1)C(=O)Nc1ccc(OC(F)F)c(-c2ccccc2)c1. The summed E-state index contributed by atoms with van der Waals surface area (Å²) in [6, 6.07) is 17.7. The maximum Gasteiger partial charge on any atom is 0.387 e. The summed E-state index contributed by atoms with van der Waals surface area (Å²) in [7, 11) is 0. The van der Waals surface area contributed by atoms with Crippen LogP contribution in [0.4, 0.5) is 28.9 Å². The van der Waals surface area contributed by atoms with Crippen LogP contribution in [0.3, 0.4) is 0 Å². The zero-order valence-electron chi connectivity index (χ0n) is 21.7. The van der Waals surface area contributed by atoms with Crippen LogP contribution in [0.15, 0.2) is 72.8 Å². The van der Waals surface area contributed by atoms with Gasteiger partial charge in [-0.2, -0.15) is 8.78 Å². The lowest BCUT2D eigenvalue weighted by atomic mass is 9.77. The first kappa shape index (κ1) is 29.3. The molecule has 0 bridgehead atoms. The van der Waals surface area contributed by atoms with E-state index in [0.717, 1.165) is 13.0 Å². The Hall–Kier alpha value is -4.21. The van der Waals surface area contributed by atoms with E-state index in [1.807, 2.05) is 0 Å². The number of carbonyl (C=O) groups is 2. The van der Waals surface area contributed by atoms with Crippen LogP contribution in [0.5, 0.6) is 5.75 Å². The molecule has 1 atom stereocenters. The Morgan fingerprint density at radius 1 is 0.923 bits per heavy atom. The fourth-order valence-electron chi connectivity index (χ4n) is 4.23. The van der Waals surface area contributed by atoms with E-state index in [2.05, 4.69) is 15.4 Å². The predicted molar refractivity (Wildman–Crippen MR) is 143 cm³/mol. The van der Waals surface area contributed by atoms with E-state index in [-0.39, 0.29) is 40.4 Å². The smallest absolute Gasteiger partial charge is 0.387 e. The molecule has 3 aromatic rings. The van der Waals surface area contributed by atoms with Gasteiger partial charge in [-0.3, -0.25) is 9.59 Å². The highest BCUT2D eigenvalue weighted by Gasteiger charge is 2.47. The summed E-state index contributed by atoms with van der Waals surface area (Å²) in [6.07, 6.45) is 0.308. The molecule has 0 aromatic heterocycles. The summed E-state index contributed by atoms with van der Waals surface area (Å²) in [5, 5.41) is 13.5. The second kappa shape index (κ2) is 12.1. The molecular formula is C29H29F4N3O3. The Morgan fingerprint density at radius 2 is 1.54 bits per heavy atom. The van der Waals surface area contributed by atoms with E-state index in [9.17, 15) is 27.2 Å². The number of hydrogen-bond acceptors (Lipinski definition) is 4. The number of nitrogens with one attached hydrogen (secondary N) is 3. The largest absolute Gasteiger partial charge is 0.434 e. The number of hydrogen-bond donors (Lipinski definition) is 3. The monoisotopic (exact) mass is 543 g/mol. The Morgan fingerprint density at radius 3 is 2.08 bits per heavy atom. The molecule has 0 heterocycles. The Labute approximate surface area is 223 Å². The number of alkyl halides is 4. The molecule has 1 unspecified atom stereocenters. The molecule has 0 spiro atoms. The third-order valence-electron chi connectivity index (χ3n) is 6.21. The molecule has 0 saturated carbocycles. The van der Waals surface area contributed by atoms with E-state index in [4.69, 9.17) is 5.41 Å². The first-order chi connectivity index (χ1) is 18.4. The molecule has 0 aliphatic carbocycles. The number of rotatable bonds is 11. The van der Waals surface area contributed by atoms with Gasteiger partial charge in [0.1, 0.15) is 5.75 Å². The van der Waals surface area contributed by atoms with Gasteiger partial charge >= 0.3 is 6.61 Å². The molecule has 0 saturated heterocycles. The summed E-state index contributed by atoms with van der Waals surface area (Å²) in [5.74, 6) is -4.94. The van der Waals surface area contributed by atoms with Crippen LogP contribution in [0, 0.1) is 10.8 Å². The highest BCUT2D eigenvalue weighted by molar-refractivity contribution is 6.29. The minimum Gasteiger partial charge on any atom is -0.434 e. The average molecular weight is 544 g/mol. The summed E-state index contributed by atoms with van der Waals surface area (Å²) < 4.78 is 58.3. The number of ether oxygens (including phenoxy) is 1. The van der Waals surface area contributed by atoms with Gasteiger partial charge < -0.3 is 20.8 Å². The molecular weight excluding hydrogens is 514 g/mol. The second-order valence-corrected chi connectivity index (χ2v) is 9.11. The van der Waals surface area contributed by atoms with Crippen molar-refractivity contribution in [3.8, 4) is 16.9 Å². The second-order valence-electron chi connectivity index (χ2n) is 9.11. The number of anilines is 2. The van der Waals surface area contributed by atoms with Crippen molar-refractivity contribution >= 4 is 28.9 Å². The fourth-order valence-corrected chi connectivity index (χ4v) is 4.23. The lowest BCUT2D eigenvalue weighted by Crippen LogP contribution is -2.51. The lowest BCUT2D eigenvalue weighted by Gasteiger charge is -2.30. The summed E-state index contributed by atoms with van der Waals surface area (Å²) in [5.41, 5.74) is -1.48. The van der Waals surface area contributed by atoms with Crippen molar-refractivity contribution in [1.29, 1.82) is 5.41 Å². The highest BCUT2D eigenvalue weighted by atomic mass is 19.3. The van der Waals surface area contributed by atoms with E-state index >= 15 is 0 Å². The summed E-state index contributed by atoms with van der Waals surface area (Å²) in [4.78, 5) is 27.2. The van der Waals surface area contributed by atoms with E-state index in [1.54, 1.807) is 37.3 Å². The first-order valence-electron chi connectivity index (χ1n) is 12.2. The number of amides is 2. The van der Waals surface area contributed by atoms with Gasteiger partial charge in [0.2, 0.25) is 11.8 Å². The van der Waals surface area contributed by atoms with Crippen molar-refractivity contribution in [1.82, 2.24) is 0 Å². The Balaban J connectivity index is 1.98. The van der Waals surface area contributed by atoms with E-state index < -0.39 is 29.8 Å². The maximum atomic E-state index is 13.8. The van der Waals surface area contributed by atoms with Gasteiger partial charge in [-0.15, -0.1) is 0 Å². The number of halogens is 4. The molecule has 2 amide bonds.